The highest BCUT2D eigenvalue weighted by Crippen LogP contribution is 2.19. The number of hydrogen-bond acceptors (Lipinski definition) is 5. The van der Waals surface area contributed by atoms with E-state index in [1.54, 1.807) is 6.07 Å². The van der Waals surface area contributed by atoms with Crippen LogP contribution < -0.4 is 5.32 Å². The Hall–Kier alpha value is -3.55. The molecular formula is C17H15N7O. The second-order valence-electron chi connectivity index (χ2n) is 5.68. The summed E-state index contributed by atoms with van der Waals surface area (Å²) in [5.74, 6) is 1.17. The molecule has 0 aliphatic rings. The lowest BCUT2D eigenvalue weighted by Gasteiger charge is -2.07. The average molecular weight is 333 g/mol. The molecule has 4 aromatic rings. The number of nitrogens with one attached hydrogen (secondary N) is 3. The molecule has 3 N–H and O–H groups in total. The molecular weight excluding hydrogens is 318 g/mol. The fourth-order valence-electron chi connectivity index (χ4n) is 2.74. The minimum atomic E-state index is -0.200. The van der Waals surface area contributed by atoms with Crippen LogP contribution in [0.3, 0.4) is 0 Å². The normalized spacial score (nSPS) is 10.9. The van der Waals surface area contributed by atoms with Gasteiger partial charge in [0.1, 0.15) is 11.3 Å². The van der Waals surface area contributed by atoms with Crippen molar-refractivity contribution in [2.24, 2.45) is 0 Å². The quantitative estimate of drug-likeness (QED) is 0.530. The Balaban J connectivity index is 1.58. The molecule has 0 saturated heterocycles. The molecule has 1 amide bonds. The number of hydrogen-bond donors (Lipinski definition) is 3. The van der Waals surface area contributed by atoms with Crippen LogP contribution in [-0.2, 0) is 6.42 Å². The SMILES string of the molecule is Cc1nc2c(C(=O)Nc3cccc(Cc4nn[nH]n4)c3)cccc2[nH]1. The van der Waals surface area contributed by atoms with Gasteiger partial charge in [-0.15, -0.1) is 10.2 Å². The van der Waals surface area contributed by atoms with Crippen LogP contribution in [0.5, 0.6) is 0 Å². The molecule has 124 valence electrons. The molecule has 0 unspecified atom stereocenters. The van der Waals surface area contributed by atoms with Crippen molar-refractivity contribution < 1.29 is 4.79 Å². The van der Waals surface area contributed by atoms with E-state index in [0.29, 0.717) is 29.0 Å². The first kappa shape index (κ1) is 15.0. The highest BCUT2D eigenvalue weighted by Gasteiger charge is 2.13. The maximum absolute atomic E-state index is 12.7. The summed E-state index contributed by atoms with van der Waals surface area (Å²) in [5, 5.41) is 16.8. The number of carbonyl (C=O) groups excluding carboxylic acids is 1. The van der Waals surface area contributed by atoms with Gasteiger partial charge in [-0.2, -0.15) is 5.21 Å². The number of tetrazole rings is 1. The number of anilines is 1. The van der Waals surface area contributed by atoms with E-state index >= 15 is 0 Å². The number of amides is 1. The summed E-state index contributed by atoms with van der Waals surface area (Å²) in [6, 6.07) is 13.1. The zero-order valence-corrected chi connectivity index (χ0v) is 13.4. The molecule has 8 heteroatoms. The summed E-state index contributed by atoms with van der Waals surface area (Å²) in [4.78, 5) is 20.2. The Labute approximate surface area is 142 Å². The zero-order chi connectivity index (χ0) is 17.2. The van der Waals surface area contributed by atoms with E-state index in [0.717, 1.165) is 16.9 Å². The van der Waals surface area contributed by atoms with Gasteiger partial charge >= 0.3 is 0 Å². The van der Waals surface area contributed by atoms with Gasteiger partial charge < -0.3 is 10.3 Å². The molecule has 8 nitrogen and oxygen atoms in total. The van der Waals surface area contributed by atoms with Gasteiger partial charge in [-0.1, -0.05) is 23.4 Å². The Bertz CT molecular complexity index is 1040. The van der Waals surface area contributed by atoms with E-state index in [4.69, 9.17) is 0 Å². The van der Waals surface area contributed by atoms with Crippen molar-refractivity contribution in [3.05, 3.63) is 65.2 Å². The number of rotatable bonds is 4. The van der Waals surface area contributed by atoms with Crippen LogP contribution in [0, 0.1) is 6.92 Å². The standard InChI is InChI=1S/C17H15N7O/c1-10-18-14-7-3-6-13(16(14)19-10)17(25)20-12-5-2-4-11(8-12)9-15-21-23-24-22-15/h2-8H,9H2,1H3,(H,18,19)(H,20,25)(H,21,22,23,24). The minimum absolute atomic E-state index is 0.200. The summed E-state index contributed by atoms with van der Waals surface area (Å²) in [6.07, 6.45) is 0.536. The number of aryl methyl sites for hydroxylation is 1. The number of benzene rings is 2. The summed E-state index contributed by atoms with van der Waals surface area (Å²) in [6.45, 7) is 1.86. The van der Waals surface area contributed by atoms with Gasteiger partial charge in [-0.05, 0) is 36.8 Å². The number of nitrogens with zero attached hydrogens (tertiary/aromatic N) is 4. The molecule has 0 atom stereocenters. The van der Waals surface area contributed by atoms with Crippen LogP contribution in [0.15, 0.2) is 42.5 Å². The summed E-state index contributed by atoms with van der Waals surface area (Å²) >= 11 is 0. The fraction of sp³-hybridized carbons (Fsp3) is 0.118. The van der Waals surface area contributed by atoms with Crippen molar-refractivity contribution in [1.82, 2.24) is 30.6 Å². The highest BCUT2D eigenvalue weighted by atomic mass is 16.1. The lowest BCUT2D eigenvalue weighted by atomic mass is 10.1. The minimum Gasteiger partial charge on any atom is -0.342 e. The third-order valence-corrected chi connectivity index (χ3v) is 3.81. The van der Waals surface area contributed by atoms with Gasteiger partial charge in [0, 0.05) is 12.1 Å². The van der Waals surface area contributed by atoms with E-state index in [1.807, 2.05) is 43.3 Å². The maximum Gasteiger partial charge on any atom is 0.257 e. The van der Waals surface area contributed by atoms with Crippen molar-refractivity contribution in [2.75, 3.05) is 5.32 Å². The van der Waals surface area contributed by atoms with E-state index in [-0.39, 0.29) is 5.91 Å². The lowest BCUT2D eigenvalue weighted by Crippen LogP contribution is -2.12. The fourth-order valence-corrected chi connectivity index (χ4v) is 2.74. The van der Waals surface area contributed by atoms with Gasteiger partial charge in [0.25, 0.3) is 5.91 Å². The molecule has 2 heterocycles. The first-order valence-electron chi connectivity index (χ1n) is 7.77. The van der Waals surface area contributed by atoms with Gasteiger partial charge in [0.2, 0.25) is 0 Å². The third kappa shape index (κ3) is 3.09. The molecule has 0 saturated carbocycles. The van der Waals surface area contributed by atoms with E-state index in [1.165, 1.54) is 0 Å². The number of aromatic nitrogens is 6. The number of carbonyl (C=O) groups is 1. The van der Waals surface area contributed by atoms with Crippen LogP contribution in [0.4, 0.5) is 5.69 Å². The molecule has 0 aliphatic carbocycles. The monoisotopic (exact) mass is 333 g/mol. The number of para-hydroxylation sites is 1. The van der Waals surface area contributed by atoms with Gasteiger partial charge in [-0.25, -0.2) is 4.98 Å². The van der Waals surface area contributed by atoms with Gasteiger partial charge in [0.15, 0.2) is 5.82 Å². The molecule has 0 spiro atoms. The number of H-pyrrole nitrogens is 2. The molecule has 0 radical (unpaired) electrons. The highest BCUT2D eigenvalue weighted by molar-refractivity contribution is 6.11. The van der Waals surface area contributed by atoms with Crippen LogP contribution >= 0.6 is 0 Å². The molecule has 4 rings (SSSR count). The predicted molar refractivity (Wildman–Crippen MR) is 92.2 cm³/mol. The van der Waals surface area contributed by atoms with Crippen molar-refractivity contribution in [3.63, 3.8) is 0 Å². The van der Waals surface area contributed by atoms with Crippen LogP contribution in [0.2, 0.25) is 0 Å². The lowest BCUT2D eigenvalue weighted by molar-refractivity contribution is 0.102. The summed E-state index contributed by atoms with van der Waals surface area (Å²) in [5.41, 5.74) is 3.73. The smallest absolute Gasteiger partial charge is 0.257 e. The Morgan fingerprint density at radius 2 is 2.08 bits per heavy atom. The first-order valence-corrected chi connectivity index (χ1v) is 7.77. The molecule has 2 aromatic heterocycles. The van der Waals surface area contributed by atoms with Gasteiger partial charge in [-0.3, -0.25) is 4.79 Å². The average Bonchev–Trinajstić information content (AvgIpc) is 3.23. The van der Waals surface area contributed by atoms with E-state index in [9.17, 15) is 4.79 Å². The summed E-state index contributed by atoms with van der Waals surface area (Å²) < 4.78 is 0. The van der Waals surface area contributed by atoms with Gasteiger partial charge in [0.05, 0.1) is 11.1 Å². The van der Waals surface area contributed by atoms with Crippen LogP contribution in [0.25, 0.3) is 11.0 Å². The van der Waals surface area contributed by atoms with Crippen molar-refractivity contribution in [3.8, 4) is 0 Å². The second-order valence-corrected chi connectivity index (χ2v) is 5.68. The number of imidazole rings is 1. The largest absolute Gasteiger partial charge is 0.342 e. The Morgan fingerprint density at radius 3 is 2.92 bits per heavy atom. The van der Waals surface area contributed by atoms with E-state index in [2.05, 4.69) is 35.9 Å². The number of aromatic amines is 2. The molecule has 0 bridgehead atoms. The van der Waals surface area contributed by atoms with Crippen molar-refractivity contribution in [1.29, 1.82) is 0 Å². The van der Waals surface area contributed by atoms with Crippen molar-refractivity contribution in [2.45, 2.75) is 13.3 Å². The molecule has 0 aliphatic heterocycles. The Morgan fingerprint density at radius 1 is 1.20 bits per heavy atom. The van der Waals surface area contributed by atoms with E-state index < -0.39 is 0 Å². The third-order valence-electron chi connectivity index (χ3n) is 3.81. The number of fused-ring (bicyclic) bond motifs is 1. The summed E-state index contributed by atoms with van der Waals surface area (Å²) in [7, 11) is 0. The predicted octanol–water partition coefficient (Wildman–Crippen LogP) is 2.23. The zero-order valence-electron chi connectivity index (χ0n) is 13.4. The van der Waals surface area contributed by atoms with Crippen LogP contribution in [-0.4, -0.2) is 36.5 Å². The van der Waals surface area contributed by atoms with Crippen molar-refractivity contribution >= 4 is 22.6 Å². The maximum atomic E-state index is 12.7. The van der Waals surface area contributed by atoms with Crippen LogP contribution in [0.1, 0.15) is 27.6 Å². The molecule has 2 aromatic carbocycles. The molecule has 25 heavy (non-hydrogen) atoms. The first-order chi connectivity index (χ1) is 12.2. The second kappa shape index (κ2) is 6.16. The Kier molecular flexibility index (Phi) is 3.70. The topological polar surface area (TPSA) is 112 Å². The molecule has 0 fully saturated rings.